The van der Waals surface area contributed by atoms with Crippen molar-refractivity contribution in [3.8, 4) is 0 Å². The summed E-state index contributed by atoms with van der Waals surface area (Å²) in [5.41, 5.74) is 1.02. The SMILES string of the molecule is CC1(C)O[C@H]2[C@@H](O1)[C@@H](C(=O)/C=C/[C@H]1O[C@@H]3OC(C)(C)O[C@@H]3[C@H]1OCc1ccccc1)O[C@@H]1OC(C)(C)O[C@@H]12. The molecule has 0 spiro atoms. The maximum absolute atomic E-state index is 13.5. The van der Waals surface area contributed by atoms with Crippen LogP contribution in [0.5, 0.6) is 0 Å². The summed E-state index contributed by atoms with van der Waals surface area (Å²) in [6.45, 7) is 11.3. The van der Waals surface area contributed by atoms with E-state index in [-0.39, 0.29) is 5.78 Å². The van der Waals surface area contributed by atoms with Gasteiger partial charge < -0.3 is 42.6 Å². The minimum absolute atomic E-state index is 0.294. The van der Waals surface area contributed by atoms with E-state index in [4.69, 9.17) is 42.6 Å². The highest BCUT2D eigenvalue weighted by molar-refractivity contribution is 5.94. The van der Waals surface area contributed by atoms with Crippen LogP contribution in [0, 0.1) is 0 Å². The molecule has 5 fully saturated rings. The van der Waals surface area contributed by atoms with Gasteiger partial charge in [-0.15, -0.1) is 0 Å². The van der Waals surface area contributed by atoms with Crippen LogP contribution in [0.25, 0.3) is 0 Å². The van der Waals surface area contributed by atoms with E-state index in [2.05, 4.69) is 0 Å². The number of fused-ring (bicyclic) bond motifs is 4. The summed E-state index contributed by atoms with van der Waals surface area (Å²) in [4.78, 5) is 13.5. The minimum Gasteiger partial charge on any atom is -0.368 e. The summed E-state index contributed by atoms with van der Waals surface area (Å²) in [7, 11) is 0. The predicted molar refractivity (Wildman–Crippen MR) is 130 cm³/mol. The fourth-order valence-electron chi connectivity index (χ4n) is 5.74. The number of rotatable bonds is 6. The van der Waals surface area contributed by atoms with E-state index < -0.39 is 72.7 Å². The van der Waals surface area contributed by atoms with E-state index in [0.717, 1.165) is 5.56 Å². The Bertz CT molecular complexity index is 1070. The van der Waals surface area contributed by atoms with Crippen molar-refractivity contribution in [3.05, 3.63) is 48.0 Å². The number of ketones is 1. The lowest BCUT2D eigenvalue weighted by molar-refractivity contribution is -0.229. The van der Waals surface area contributed by atoms with Crippen LogP contribution in [0.4, 0.5) is 0 Å². The van der Waals surface area contributed by atoms with Crippen LogP contribution in [0.15, 0.2) is 42.5 Å². The third kappa shape index (κ3) is 5.10. The van der Waals surface area contributed by atoms with Crippen LogP contribution in [0.3, 0.4) is 0 Å². The lowest BCUT2D eigenvalue weighted by atomic mass is 9.95. The van der Waals surface area contributed by atoms with Gasteiger partial charge in [-0.3, -0.25) is 4.79 Å². The molecule has 1 aromatic carbocycles. The highest BCUT2D eigenvalue weighted by Gasteiger charge is 2.62. The third-order valence-corrected chi connectivity index (χ3v) is 7.20. The van der Waals surface area contributed by atoms with Crippen LogP contribution in [-0.2, 0) is 54.0 Å². The van der Waals surface area contributed by atoms with Gasteiger partial charge in [-0.05, 0) is 59.3 Å². The van der Waals surface area contributed by atoms with Crippen molar-refractivity contribution in [1.29, 1.82) is 0 Å². The predicted octanol–water partition coefficient (Wildman–Crippen LogP) is 2.97. The van der Waals surface area contributed by atoms with Crippen molar-refractivity contribution >= 4 is 5.78 Å². The lowest BCUT2D eigenvalue weighted by Gasteiger charge is -2.36. The van der Waals surface area contributed by atoms with E-state index in [1.165, 1.54) is 6.08 Å². The van der Waals surface area contributed by atoms with Crippen molar-refractivity contribution in [2.75, 3.05) is 0 Å². The quantitative estimate of drug-likeness (QED) is 0.509. The number of carbonyl (C=O) groups is 1. The Labute approximate surface area is 222 Å². The van der Waals surface area contributed by atoms with Gasteiger partial charge in [0.05, 0.1) is 6.61 Å². The molecule has 10 heteroatoms. The fraction of sp³-hybridized carbons (Fsp3) is 0.679. The molecule has 38 heavy (non-hydrogen) atoms. The normalized spacial score (nSPS) is 42.2. The molecule has 208 valence electrons. The van der Waals surface area contributed by atoms with Crippen LogP contribution in [0.2, 0.25) is 0 Å². The first-order valence-corrected chi connectivity index (χ1v) is 13.2. The Morgan fingerprint density at radius 3 is 2.05 bits per heavy atom. The Hall–Kier alpha value is -1.73. The van der Waals surface area contributed by atoms with Gasteiger partial charge >= 0.3 is 0 Å². The second-order valence-corrected chi connectivity index (χ2v) is 11.7. The average molecular weight is 533 g/mol. The third-order valence-electron chi connectivity index (χ3n) is 7.20. The molecular formula is C28H36O10. The number of carbonyl (C=O) groups excluding carboxylic acids is 1. The largest absolute Gasteiger partial charge is 0.368 e. The van der Waals surface area contributed by atoms with E-state index in [0.29, 0.717) is 6.61 Å². The van der Waals surface area contributed by atoms with Crippen molar-refractivity contribution in [3.63, 3.8) is 0 Å². The van der Waals surface area contributed by atoms with E-state index in [9.17, 15) is 4.79 Å². The molecule has 0 amide bonds. The summed E-state index contributed by atoms with van der Waals surface area (Å²) in [6, 6.07) is 9.85. The minimum atomic E-state index is -0.937. The van der Waals surface area contributed by atoms with Gasteiger partial charge in [-0.25, -0.2) is 0 Å². The molecule has 0 saturated carbocycles. The lowest BCUT2D eigenvalue weighted by Crippen LogP contribution is -2.57. The standard InChI is InChI=1S/C28H36O10/c1-26(2)33-20-18(32-25-23(21(20)34-26)36-28(5,6)38-25)16(29)12-13-17-19(30-14-15-10-8-7-9-11-15)22-24(31-17)37-27(3,4)35-22/h7-13,17-25H,14H2,1-6H3/b13-12+/t17-,18-,19+,20+,21+,22-,23-,24-,25-/m1/s1. The van der Waals surface area contributed by atoms with Gasteiger partial charge in [0.15, 0.2) is 41.8 Å². The fourth-order valence-corrected chi connectivity index (χ4v) is 5.74. The first-order valence-electron chi connectivity index (χ1n) is 13.2. The second kappa shape index (κ2) is 9.43. The van der Waals surface area contributed by atoms with Gasteiger partial charge in [0.25, 0.3) is 0 Å². The van der Waals surface area contributed by atoms with Gasteiger partial charge in [-0.2, -0.15) is 0 Å². The average Bonchev–Trinajstić information content (AvgIpc) is 3.52. The molecule has 1 aromatic rings. The first-order chi connectivity index (χ1) is 17.9. The molecule has 10 nitrogen and oxygen atoms in total. The van der Waals surface area contributed by atoms with Crippen molar-refractivity contribution in [2.45, 2.75) is 121 Å². The van der Waals surface area contributed by atoms with Crippen LogP contribution in [0.1, 0.15) is 47.1 Å². The Morgan fingerprint density at radius 2 is 1.34 bits per heavy atom. The maximum atomic E-state index is 13.5. The maximum Gasteiger partial charge on any atom is 0.190 e. The number of hydrogen-bond acceptors (Lipinski definition) is 10. The van der Waals surface area contributed by atoms with Gasteiger partial charge in [0.2, 0.25) is 0 Å². The molecule has 0 bridgehead atoms. The number of hydrogen-bond donors (Lipinski definition) is 0. The molecule has 5 heterocycles. The summed E-state index contributed by atoms with van der Waals surface area (Å²) in [5.74, 6) is -2.84. The molecule has 0 N–H and O–H groups in total. The monoisotopic (exact) mass is 532 g/mol. The zero-order valence-electron chi connectivity index (χ0n) is 22.5. The van der Waals surface area contributed by atoms with Crippen molar-refractivity contribution in [2.24, 2.45) is 0 Å². The molecule has 0 aromatic heterocycles. The van der Waals surface area contributed by atoms with Crippen molar-refractivity contribution in [1.82, 2.24) is 0 Å². The molecule has 0 unspecified atom stereocenters. The molecule has 5 aliphatic rings. The molecule has 0 radical (unpaired) electrons. The summed E-state index contributed by atoms with van der Waals surface area (Å²) in [5, 5.41) is 0. The van der Waals surface area contributed by atoms with Crippen molar-refractivity contribution < 1.29 is 47.4 Å². The van der Waals surface area contributed by atoms with Gasteiger partial charge in [0.1, 0.15) is 36.6 Å². The topological polar surface area (TPSA) is 100 Å². The van der Waals surface area contributed by atoms with Crippen LogP contribution >= 0.6 is 0 Å². The highest BCUT2D eigenvalue weighted by atomic mass is 16.9. The molecular weight excluding hydrogens is 496 g/mol. The van der Waals surface area contributed by atoms with E-state index in [1.54, 1.807) is 33.8 Å². The molecule has 0 aliphatic carbocycles. The summed E-state index contributed by atoms with van der Waals surface area (Å²) in [6.07, 6.45) is -2.31. The number of benzene rings is 1. The van der Waals surface area contributed by atoms with E-state index >= 15 is 0 Å². The number of ether oxygens (including phenoxy) is 9. The highest BCUT2D eigenvalue weighted by Crippen LogP contribution is 2.44. The Morgan fingerprint density at radius 1 is 0.763 bits per heavy atom. The van der Waals surface area contributed by atoms with Crippen LogP contribution < -0.4 is 0 Å². The van der Waals surface area contributed by atoms with Crippen LogP contribution in [-0.4, -0.2) is 78.5 Å². The zero-order chi connectivity index (χ0) is 26.9. The molecule has 5 saturated heterocycles. The Balaban J connectivity index is 1.19. The zero-order valence-corrected chi connectivity index (χ0v) is 22.5. The summed E-state index contributed by atoms with van der Waals surface area (Å²) < 4.78 is 54.6. The smallest absolute Gasteiger partial charge is 0.190 e. The van der Waals surface area contributed by atoms with Gasteiger partial charge in [-0.1, -0.05) is 30.3 Å². The first kappa shape index (κ1) is 26.5. The Kier molecular flexibility index (Phi) is 6.58. The summed E-state index contributed by atoms with van der Waals surface area (Å²) >= 11 is 0. The molecule has 6 rings (SSSR count). The second-order valence-electron chi connectivity index (χ2n) is 11.7. The molecule has 9 atom stereocenters. The van der Waals surface area contributed by atoms with E-state index in [1.807, 2.05) is 44.2 Å². The molecule has 5 aliphatic heterocycles. The van der Waals surface area contributed by atoms with Gasteiger partial charge in [0, 0.05) is 0 Å².